The average molecular weight is 249 g/mol. The van der Waals surface area contributed by atoms with E-state index in [0.717, 1.165) is 30.2 Å². The third-order valence-electron chi connectivity index (χ3n) is 3.13. The van der Waals surface area contributed by atoms with E-state index in [1.54, 1.807) is 0 Å². The van der Waals surface area contributed by atoms with Crippen LogP contribution in [0.1, 0.15) is 24.7 Å². The van der Waals surface area contributed by atoms with Crippen LogP contribution < -0.4 is 16.0 Å². The molecule has 0 unspecified atom stereocenters. The molecule has 0 aromatic carbocycles. The Balaban J connectivity index is 2.31. The summed E-state index contributed by atoms with van der Waals surface area (Å²) in [5, 5.41) is 2.85. The molecule has 6 nitrogen and oxygen atoms in total. The number of nitrogens with two attached hydrogens (primary N) is 1. The summed E-state index contributed by atoms with van der Waals surface area (Å²) in [6.07, 6.45) is 1.24. The first kappa shape index (κ1) is 12.6. The fourth-order valence-electron chi connectivity index (χ4n) is 2.01. The van der Waals surface area contributed by atoms with Crippen LogP contribution in [0.15, 0.2) is 0 Å². The predicted molar refractivity (Wildman–Crippen MR) is 70.4 cm³/mol. The number of rotatable bonds is 2. The number of hydrogen-bond donors (Lipinski definition) is 2. The van der Waals surface area contributed by atoms with Gasteiger partial charge in [-0.25, -0.2) is 9.97 Å². The molecule has 1 aromatic rings. The largest absolute Gasteiger partial charge is 0.383 e. The highest BCUT2D eigenvalue weighted by molar-refractivity contribution is 5.77. The topological polar surface area (TPSA) is 84.1 Å². The Hall–Kier alpha value is -1.85. The van der Waals surface area contributed by atoms with Crippen LogP contribution in [0.4, 0.5) is 11.6 Å². The molecule has 98 valence electrons. The maximum absolute atomic E-state index is 11.3. The van der Waals surface area contributed by atoms with Gasteiger partial charge in [-0.15, -0.1) is 0 Å². The summed E-state index contributed by atoms with van der Waals surface area (Å²) in [4.78, 5) is 22.2. The molecule has 0 radical (unpaired) electrons. The maximum Gasteiger partial charge on any atom is 0.221 e. The van der Waals surface area contributed by atoms with Crippen molar-refractivity contribution in [3.8, 4) is 0 Å². The van der Waals surface area contributed by atoms with Crippen LogP contribution in [0.3, 0.4) is 0 Å². The number of nitrogens with zero attached hydrogens (tertiary/aromatic N) is 3. The summed E-state index contributed by atoms with van der Waals surface area (Å²) in [6, 6.07) is 0. The second kappa shape index (κ2) is 5.20. The van der Waals surface area contributed by atoms with Crippen molar-refractivity contribution in [2.45, 2.75) is 26.7 Å². The number of nitrogen functional groups attached to an aromatic ring is 1. The summed E-state index contributed by atoms with van der Waals surface area (Å²) in [5.41, 5.74) is 6.80. The zero-order valence-electron chi connectivity index (χ0n) is 10.9. The van der Waals surface area contributed by atoms with Gasteiger partial charge in [-0.05, 0) is 6.92 Å². The van der Waals surface area contributed by atoms with E-state index in [4.69, 9.17) is 5.73 Å². The monoisotopic (exact) mass is 249 g/mol. The lowest BCUT2D eigenvalue weighted by molar-refractivity contribution is -0.120. The Morgan fingerprint density at radius 1 is 1.39 bits per heavy atom. The van der Waals surface area contributed by atoms with Crippen LogP contribution in [0.5, 0.6) is 0 Å². The summed E-state index contributed by atoms with van der Waals surface area (Å²) >= 11 is 0. The lowest BCUT2D eigenvalue weighted by atomic mass is 10.2. The van der Waals surface area contributed by atoms with Crippen molar-refractivity contribution in [3.05, 3.63) is 11.4 Å². The second-order valence-corrected chi connectivity index (χ2v) is 4.41. The van der Waals surface area contributed by atoms with Gasteiger partial charge in [0.05, 0.1) is 0 Å². The number of aromatic nitrogens is 2. The lowest BCUT2D eigenvalue weighted by Gasteiger charge is -2.23. The van der Waals surface area contributed by atoms with E-state index in [-0.39, 0.29) is 5.91 Å². The number of hydrogen-bond acceptors (Lipinski definition) is 5. The first-order valence-electron chi connectivity index (χ1n) is 6.26. The SMILES string of the molecule is CCc1nc(N)c(C)c(N2CCNC(=O)CC2)n1. The minimum Gasteiger partial charge on any atom is -0.383 e. The third kappa shape index (κ3) is 2.52. The predicted octanol–water partition coefficient (Wildman–Crippen LogP) is 0.256. The van der Waals surface area contributed by atoms with Crippen LogP contribution in [0.2, 0.25) is 0 Å². The zero-order valence-corrected chi connectivity index (χ0v) is 10.9. The molecule has 1 aliphatic heterocycles. The molecule has 0 aliphatic carbocycles. The molecule has 0 spiro atoms. The number of anilines is 2. The van der Waals surface area contributed by atoms with Crippen molar-refractivity contribution < 1.29 is 4.79 Å². The molecule has 1 fully saturated rings. The number of carbonyl (C=O) groups is 1. The Kier molecular flexibility index (Phi) is 3.64. The highest BCUT2D eigenvalue weighted by Gasteiger charge is 2.18. The lowest BCUT2D eigenvalue weighted by Crippen LogP contribution is -2.30. The van der Waals surface area contributed by atoms with Crippen molar-refractivity contribution in [3.63, 3.8) is 0 Å². The molecular formula is C12H19N5O. The van der Waals surface area contributed by atoms with Gasteiger partial charge in [-0.1, -0.05) is 6.92 Å². The van der Waals surface area contributed by atoms with Crippen molar-refractivity contribution in [1.29, 1.82) is 0 Å². The smallest absolute Gasteiger partial charge is 0.221 e. The quantitative estimate of drug-likeness (QED) is 0.785. The van der Waals surface area contributed by atoms with E-state index in [2.05, 4.69) is 20.2 Å². The van der Waals surface area contributed by atoms with Crippen LogP contribution in [0.25, 0.3) is 0 Å². The molecule has 2 heterocycles. The Morgan fingerprint density at radius 3 is 2.89 bits per heavy atom. The minimum absolute atomic E-state index is 0.0906. The van der Waals surface area contributed by atoms with E-state index in [1.165, 1.54) is 0 Å². The zero-order chi connectivity index (χ0) is 13.1. The van der Waals surface area contributed by atoms with Gasteiger partial charge in [0, 0.05) is 38.0 Å². The van der Waals surface area contributed by atoms with E-state index in [9.17, 15) is 4.79 Å². The maximum atomic E-state index is 11.3. The van der Waals surface area contributed by atoms with Crippen LogP contribution in [-0.2, 0) is 11.2 Å². The van der Waals surface area contributed by atoms with Crippen molar-refractivity contribution >= 4 is 17.5 Å². The van der Waals surface area contributed by atoms with Crippen molar-refractivity contribution in [2.24, 2.45) is 0 Å². The van der Waals surface area contributed by atoms with Gasteiger partial charge >= 0.3 is 0 Å². The van der Waals surface area contributed by atoms with E-state index < -0.39 is 0 Å². The van der Waals surface area contributed by atoms with E-state index in [0.29, 0.717) is 25.3 Å². The van der Waals surface area contributed by atoms with Crippen molar-refractivity contribution in [2.75, 3.05) is 30.3 Å². The van der Waals surface area contributed by atoms with E-state index >= 15 is 0 Å². The highest BCUT2D eigenvalue weighted by Crippen LogP contribution is 2.22. The molecule has 3 N–H and O–H groups in total. The number of nitrogens with one attached hydrogen (secondary N) is 1. The third-order valence-corrected chi connectivity index (χ3v) is 3.13. The molecule has 0 bridgehead atoms. The van der Waals surface area contributed by atoms with Gasteiger partial charge in [0.15, 0.2) is 0 Å². The van der Waals surface area contributed by atoms with Crippen molar-refractivity contribution in [1.82, 2.24) is 15.3 Å². The minimum atomic E-state index is 0.0906. The van der Waals surface area contributed by atoms with Gasteiger partial charge in [-0.2, -0.15) is 0 Å². The second-order valence-electron chi connectivity index (χ2n) is 4.41. The number of amides is 1. The number of aryl methyl sites for hydroxylation is 1. The molecule has 1 aromatic heterocycles. The normalized spacial score (nSPS) is 16.3. The molecule has 0 atom stereocenters. The summed E-state index contributed by atoms with van der Waals surface area (Å²) in [6.45, 7) is 5.99. The first-order chi connectivity index (χ1) is 8.61. The molecule has 1 saturated heterocycles. The van der Waals surface area contributed by atoms with Gasteiger partial charge in [0.25, 0.3) is 0 Å². The van der Waals surface area contributed by atoms with Crippen LogP contribution in [-0.4, -0.2) is 35.5 Å². The van der Waals surface area contributed by atoms with Crippen LogP contribution >= 0.6 is 0 Å². The van der Waals surface area contributed by atoms with Gasteiger partial charge in [0.2, 0.25) is 5.91 Å². The molecular weight excluding hydrogens is 230 g/mol. The Morgan fingerprint density at radius 2 is 2.17 bits per heavy atom. The molecule has 0 saturated carbocycles. The average Bonchev–Trinajstić information content (AvgIpc) is 2.57. The highest BCUT2D eigenvalue weighted by atomic mass is 16.1. The molecule has 18 heavy (non-hydrogen) atoms. The van der Waals surface area contributed by atoms with Gasteiger partial charge in [-0.3, -0.25) is 4.79 Å². The molecule has 6 heteroatoms. The molecule has 2 rings (SSSR count). The Bertz CT molecular complexity index is 460. The number of carbonyl (C=O) groups excluding carboxylic acids is 1. The van der Waals surface area contributed by atoms with Gasteiger partial charge in [0.1, 0.15) is 17.5 Å². The summed E-state index contributed by atoms with van der Waals surface area (Å²) in [5.74, 6) is 2.22. The summed E-state index contributed by atoms with van der Waals surface area (Å²) in [7, 11) is 0. The van der Waals surface area contributed by atoms with Gasteiger partial charge < -0.3 is 16.0 Å². The summed E-state index contributed by atoms with van der Waals surface area (Å²) < 4.78 is 0. The molecule has 1 aliphatic rings. The molecule has 1 amide bonds. The van der Waals surface area contributed by atoms with Crippen LogP contribution in [0, 0.1) is 6.92 Å². The fourth-order valence-corrected chi connectivity index (χ4v) is 2.01. The first-order valence-corrected chi connectivity index (χ1v) is 6.26. The Labute approximate surface area is 107 Å². The van der Waals surface area contributed by atoms with E-state index in [1.807, 2.05) is 13.8 Å². The fraction of sp³-hybridized carbons (Fsp3) is 0.583. The standard InChI is InChI=1S/C12H19N5O/c1-3-9-15-11(13)8(2)12(16-9)17-6-4-10(18)14-5-7-17/h3-7H2,1-2H3,(H,14,18)(H2,13,15,16).